The van der Waals surface area contributed by atoms with Crippen LogP contribution >= 0.6 is 0 Å². The second-order valence-electron chi connectivity index (χ2n) is 3.97. The largest absolute Gasteiger partial charge is 0.472 e. The van der Waals surface area contributed by atoms with E-state index in [1.54, 1.807) is 12.1 Å². The summed E-state index contributed by atoms with van der Waals surface area (Å²) in [4.78, 5) is 0.161. The summed E-state index contributed by atoms with van der Waals surface area (Å²) >= 11 is 0. The molecule has 1 heterocycles. The van der Waals surface area contributed by atoms with E-state index in [0.29, 0.717) is 5.69 Å². The number of hydrogen-bond donors (Lipinski definition) is 2. The van der Waals surface area contributed by atoms with E-state index in [4.69, 9.17) is 10.2 Å². The van der Waals surface area contributed by atoms with Crippen LogP contribution in [0.4, 0.5) is 5.69 Å². The van der Waals surface area contributed by atoms with Crippen molar-refractivity contribution in [3.8, 4) is 0 Å². The average molecular weight is 266 g/mol. The number of nitrogens with one attached hydrogen (secondary N) is 1. The van der Waals surface area contributed by atoms with Crippen molar-refractivity contribution < 1.29 is 12.8 Å². The Kier molecular flexibility index (Phi) is 3.40. The molecule has 0 bridgehead atoms. The maximum atomic E-state index is 12.0. The monoisotopic (exact) mass is 266 g/mol. The number of nitrogen functional groups attached to an aromatic ring is 1. The van der Waals surface area contributed by atoms with Gasteiger partial charge < -0.3 is 10.2 Å². The molecule has 0 radical (unpaired) electrons. The molecule has 0 saturated carbocycles. The predicted octanol–water partition coefficient (Wildman–Crippen LogP) is 1.65. The number of sulfonamides is 1. The number of nitrogens with two attached hydrogens (primary N) is 1. The molecule has 2 rings (SSSR count). The predicted molar refractivity (Wildman–Crippen MR) is 68.3 cm³/mol. The minimum atomic E-state index is -3.55. The topological polar surface area (TPSA) is 85.3 Å². The summed E-state index contributed by atoms with van der Waals surface area (Å²) in [5.41, 5.74) is 7.77. The molecule has 0 aliphatic carbocycles. The quantitative estimate of drug-likeness (QED) is 0.824. The van der Waals surface area contributed by atoms with E-state index in [2.05, 4.69) is 4.72 Å². The molecule has 0 aliphatic rings. The van der Waals surface area contributed by atoms with E-state index in [-0.39, 0.29) is 11.4 Å². The highest BCUT2D eigenvalue weighted by molar-refractivity contribution is 7.89. The van der Waals surface area contributed by atoms with E-state index in [0.717, 1.165) is 11.1 Å². The van der Waals surface area contributed by atoms with Crippen molar-refractivity contribution >= 4 is 15.7 Å². The van der Waals surface area contributed by atoms with E-state index < -0.39 is 10.0 Å². The number of hydrogen-bond acceptors (Lipinski definition) is 4. The molecule has 0 atom stereocenters. The summed E-state index contributed by atoms with van der Waals surface area (Å²) in [6.45, 7) is 2.01. The Morgan fingerprint density at radius 1 is 1.33 bits per heavy atom. The Morgan fingerprint density at radius 2 is 2.11 bits per heavy atom. The van der Waals surface area contributed by atoms with Gasteiger partial charge in [-0.25, -0.2) is 13.1 Å². The van der Waals surface area contributed by atoms with Crippen molar-refractivity contribution in [3.05, 3.63) is 47.9 Å². The summed E-state index contributed by atoms with van der Waals surface area (Å²) in [7, 11) is -3.55. The third kappa shape index (κ3) is 2.72. The lowest BCUT2D eigenvalue weighted by atomic mass is 10.2. The first-order valence-corrected chi connectivity index (χ1v) is 6.84. The van der Waals surface area contributed by atoms with Gasteiger partial charge in [-0.05, 0) is 30.7 Å². The standard InChI is InChI=1S/C12H14N2O3S/c1-9-2-3-11(6-12(9)13)18(15,16)14-7-10-4-5-17-8-10/h2-6,8,14H,7,13H2,1H3. The fourth-order valence-electron chi connectivity index (χ4n) is 1.44. The summed E-state index contributed by atoms with van der Waals surface area (Å²) in [6, 6.07) is 6.37. The van der Waals surface area contributed by atoms with Crippen LogP contribution in [-0.4, -0.2) is 8.42 Å². The average Bonchev–Trinajstić information content (AvgIpc) is 2.83. The van der Waals surface area contributed by atoms with Crippen LogP contribution in [0.2, 0.25) is 0 Å². The van der Waals surface area contributed by atoms with Crippen LogP contribution in [0.1, 0.15) is 11.1 Å². The smallest absolute Gasteiger partial charge is 0.240 e. The first kappa shape index (κ1) is 12.7. The van der Waals surface area contributed by atoms with E-state index >= 15 is 0 Å². The van der Waals surface area contributed by atoms with Crippen molar-refractivity contribution in [3.63, 3.8) is 0 Å². The van der Waals surface area contributed by atoms with Gasteiger partial charge in [0.2, 0.25) is 10.0 Å². The third-order valence-electron chi connectivity index (χ3n) is 2.61. The number of rotatable bonds is 4. The lowest BCUT2D eigenvalue weighted by Gasteiger charge is -2.07. The van der Waals surface area contributed by atoms with E-state index in [1.807, 2.05) is 6.92 Å². The Morgan fingerprint density at radius 3 is 2.72 bits per heavy atom. The lowest BCUT2D eigenvalue weighted by molar-refractivity contribution is 0.561. The van der Waals surface area contributed by atoms with Crippen molar-refractivity contribution in [2.75, 3.05) is 5.73 Å². The normalized spacial score (nSPS) is 11.6. The van der Waals surface area contributed by atoms with Gasteiger partial charge in [0.1, 0.15) is 0 Å². The van der Waals surface area contributed by atoms with Crippen LogP contribution in [0.5, 0.6) is 0 Å². The van der Waals surface area contributed by atoms with Crippen molar-refractivity contribution in [2.24, 2.45) is 0 Å². The molecule has 96 valence electrons. The second kappa shape index (κ2) is 4.83. The summed E-state index contributed by atoms with van der Waals surface area (Å²) in [6.07, 6.45) is 2.99. The molecule has 2 aromatic rings. The minimum absolute atomic E-state index is 0.161. The van der Waals surface area contributed by atoms with Crippen LogP contribution in [0.15, 0.2) is 46.1 Å². The van der Waals surface area contributed by atoms with Gasteiger partial charge in [-0.15, -0.1) is 0 Å². The molecule has 0 saturated heterocycles. The molecule has 1 aromatic heterocycles. The highest BCUT2D eigenvalue weighted by Gasteiger charge is 2.14. The van der Waals surface area contributed by atoms with Crippen LogP contribution in [0.3, 0.4) is 0 Å². The molecule has 6 heteroatoms. The third-order valence-corrected chi connectivity index (χ3v) is 4.01. The van der Waals surface area contributed by atoms with Gasteiger partial charge >= 0.3 is 0 Å². The lowest BCUT2D eigenvalue weighted by Crippen LogP contribution is -2.23. The number of aryl methyl sites for hydroxylation is 1. The molecule has 3 N–H and O–H groups in total. The molecule has 1 aromatic carbocycles. The van der Waals surface area contributed by atoms with Crippen LogP contribution < -0.4 is 10.5 Å². The molecule has 0 fully saturated rings. The Balaban J connectivity index is 2.17. The van der Waals surface area contributed by atoms with Crippen LogP contribution in [0.25, 0.3) is 0 Å². The molecule has 5 nitrogen and oxygen atoms in total. The maximum absolute atomic E-state index is 12.0. The van der Waals surface area contributed by atoms with Gasteiger partial charge in [0.25, 0.3) is 0 Å². The minimum Gasteiger partial charge on any atom is -0.472 e. The zero-order valence-electron chi connectivity index (χ0n) is 9.88. The molecule has 0 amide bonds. The molecule has 0 aliphatic heterocycles. The highest BCUT2D eigenvalue weighted by Crippen LogP contribution is 2.17. The van der Waals surface area contributed by atoms with Gasteiger partial charge in [0, 0.05) is 17.8 Å². The van der Waals surface area contributed by atoms with Gasteiger partial charge in [0.05, 0.1) is 17.4 Å². The van der Waals surface area contributed by atoms with Crippen molar-refractivity contribution in [2.45, 2.75) is 18.4 Å². The fourth-order valence-corrected chi connectivity index (χ4v) is 2.49. The maximum Gasteiger partial charge on any atom is 0.240 e. The van der Waals surface area contributed by atoms with Crippen LogP contribution in [0, 0.1) is 6.92 Å². The molecular formula is C12H14N2O3S. The van der Waals surface area contributed by atoms with Gasteiger partial charge in [-0.3, -0.25) is 0 Å². The fraction of sp³-hybridized carbons (Fsp3) is 0.167. The Labute approximate surface area is 106 Å². The van der Waals surface area contributed by atoms with Crippen molar-refractivity contribution in [1.29, 1.82) is 0 Å². The Hall–Kier alpha value is -1.79. The van der Waals surface area contributed by atoms with Crippen molar-refractivity contribution in [1.82, 2.24) is 4.72 Å². The van der Waals surface area contributed by atoms with Gasteiger partial charge in [0.15, 0.2) is 0 Å². The zero-order valence-corrected chi connectivity index (χ0v) is 10.7. The second-order valence-corrected chi connectivity index (χ2v) is 5.74. The van der Waals surface area contributed by atoms with Gasteiger partial charge in [-0.1, -0.05) is 6.07 Å². The highest BCUT2D eigenvalue weighted by atomic mass is 32.2. The zero-order chi connectivity index (χ0) is 13.2. The van der Waals surface area contributed by atoms with Crippen LogP contribution in [-0.2, 0) is 16.6 Å². The first-order chi connectivity index (χ1) is 8.49. The van der Waals surface area contributed by atoms with Gasteiger partial charge in [-0.2, -0.15) is 0 Å². The summed E-state index contributed by atoms with van der Waals surface area (Å²) < 4.78 is 31.3. The SMILES string of the molecule is Cc1ccc(S(=O)(=O)NCc2ccoc2)cc1N. The summed E-state index contributed by atoms with van der Waals surface area (Å²) in [5.74, 6) is 0. The Bertz CT molecular complexity index is 633. The van der Waals surface area contributed by atoms with E-state index in [1.165, 1.54) is 24.7 Å². The first-order valence-electron chi connectivity index (χ1n) is 5.36. The number of furan rings is 1. The molecule has 0 unspecified atom stereocenters. The number of anilines is 1. The molecule has 0 spiro atoms. The van der Waals surface area contributed by atoms with E-state index in [9.17, 15) is 8.42 Å². The molecular weight excluding hydrogens is 252 g/mol. The number of benzene rings is 1. The summed E-state index contributed by atoms with van der Waals surface area (Å²) in [5, 5.41) is 0. The molecule has 18 heavy (non-hydrogen) atoms.